The van der Waals surface area contributed by atoms with Crippen LogP contribution in [-0.2, 0) is 13.6 Å². The second-order valence-corrected chi connectivity index (χ2v) is 5.88. The highest BCUT2D eigenvalue weighted by molar-refractivity contribution is 5.85. The normalized spacial score (nSPS) is 17.2. The molecule has 116 valence electrons. The van der Waals surface area contributed by atoms with Gasteiger partial charge in [-0.3, -0.25) is 9.58 Å². The third-order valence-corrected chi connectivity index (χ3v) is 4.55. The number of piperidine rings is 1. The third kappa shape index (κ3) is 4.21. The number of hydrogen-bond donors (Lipinski definition) is 1. The first-order valence-electron chi connectivity index (χ1n) is 7.47. The maximum Gasteiger partial charge on any atom is 0.0641 e. The Morgan fingerprint density at radius 2 is 1.90 bits per heavy atom. The van der Waals surface area contributed by atoms with Gasteiger partial charge in [0.1, 0.15) is 0 Å². The van der Waals surface area contributed by atoms with Gasteiger partial charge in [0.25, 0.3) is 0 Å². The van der Waals surface area contributed by atoms with Crippen molar-refractivity contribution in [3.05, 3.63) is 17.0 Å². The van der Waals surface area contributed by atoms with E-state index in [1.807, 2.05) is 18.8 Å². The molecule has 1 aromatic rings. The lowest BCUT2D eigenvalue weighted by Crippen LogP contribution is -2.34. The van der Waals surface area contributed by atoms with Crippen LogP contribution in [0.5, 0.6) is 0 Å². The summed E-state index contributed by atoms with van der Waals surface area (Å²) >= 11 is 0. The van der Waals surface area contributed by atoms with E-state index in [0.29, 0.717) is 0 Å². The molecule has 0 bridgehead atoms. The second kappa shape index (κ2) is 8.01. The largest absolute Gasteiger partial charge is 0.320 e. The van der Waals surface area contributed by atoms with Gasteiger partial charge in [-0.2, -0.15) is 5.10 Å². The number of likely N-dealkylation sites (tertiary alicyclic amines) is 1. The molecule has 1 saturated heterocycles. The Bertz CT molecular complexity index is 408. The Balaban J connectivity index is 0.00000200. The molecule has 20 heavy (non-hydrogen) atoms. The minimum atomic E-state index is 0. The molecule has 0 spiro atoms. The predicted molar refractivity (Wildman–Crippen MR) is 86.5 cm³/mol. The van der Waals surface area contributed by atoms with Crippen molar-refractivity contribution in [3.63, 3.8) is 0 Å². The summed E-state index contributed by atoms with van der Waals surface area (Å²) in [6.07, 6.45) is 4.02. The fourth-order valence-corrected chi connectivity index (χ4v) is 3.05. The van der Waals surface area contributed by atoms with E-state index in [9.17, 15) is 0 Å². The summed E-state index contributed by atoms with van der Waals surface area (Å²) in [5.41, 5.74) is 3.93. The highest BCUT2D eigenvalue weighted by Crippen LogP contribution is 2.23. The molecular formula is C15H29ClN4. The van der Waals surface area contributed by atoms with E-state index in [2.05, 4.69) is 29.2 Å². The maximum absolute atomic E-state index is 4.51. The zero-order chi connectivity index (χ0) is 13.8. The summed E-state index contributed by atoms with van der Waals surface area (Å²) in [4.78, 5) is 2.59. The first-order valence-corrected chi connectivity index (χ1v) is 7.47. The number of nitrogens with one attached hydrogen (secondary N) is 1. The van der Waals surface area contributed by atoms with Crippen LogP contribution < -0.4 is 5.32 Å². The van der Waals surface area contributed by atoms with Crippen molar-refractivity contribution in [3.8, 4) is 0 Å². The lowest BCUT2D eigenvalue weighted by atomic mass is 9.93. The Kier molecular flexibility index (Phi) is 7.00. The molecule has 1 aromatic heterocycles. The quantitative estimate of drug-likeness (QED) is 0.906. The van der Waals surface area contributed by atoms with E-state index in [1.165, 1.54) is 49.3 Å². The van der Waals surface area contributed by atoms with Crippen LogP contribution in [0.3, 0.4) is 0 Å². The van der Waals surface area contributed by atoms with Crippen LogP contribution in [0.15, 0.2) is 0 Å². The number of aromatic nitrogens is 2. The molecule has 0 aliphatic carbocycles. The molecule has 0 saturated carbocycles. The summed E-state index contributed by atoms with van der Waals surface area (Å²) in [5.74, 6) is 0.916. The fraction of sp³-hybridized carbons (Fsp3) is 0.800. The second-order valence-electron chi connectivity index (χ2n) is 5.88. The Morgan fingerprint density at radius 3 is 2.40 bits per heavy atom. The molecule has 1 fully saturated rings. The van der Waals surface area contributed by atoms with Crippen molar-refractivity contribution >= 4 is 12.4 Å². The van der Waals surface area contributed by atoms with Gasteiger partial charge in [-0.15, -0.1) is 12.4 Å². The van der Waals surface area contributed by atoms with Gasteiger partial charge in [-0.1, -0.05) is 0 Å². The first kappa shape index (κ1) is 17.5. The van der Waals surface area contributed by atoms with Crippen molar-refractivity contribution in [1.29, 1.82) is 0 Å². The van der Waals surface area contributed by atoms with Crippen LogP contribution in [0.4, 0.5) is 0 Å². The van der Waals surface area contributed by atoms with E-state index < -0.39 is 0 Å². The summed E-state index contributed by atoms with van der Waals surface area (Å²) in [5, 5.41) is 7.77. The number of nitrogens with zero attached hydrogens (tertiary/aromatic N) is 3. The van der Waals surface area contributed by atoms with Crippen LogP contribution in [0, 0.1) is 19.8 Å². The molecule has 1 aliphatic rings. The van der Waals surface area contributed by atoms with Gasteiger partial charge in [-0.25, -0.2) is 0 Å². The zero-order valence-electron chi connectivity index (χ0n) is 13.3. The molecule has 5 heteroatoms. The molecule has 2 rings (SSSR count). The molecule has 1 aliphatic heterocycles. The Labute approximate surface area is 129 Å². The minimum absolute atomic E-state index is 0. The lowest BCUT2D eigenvalue weighted by Gasteiger charge is -2.32. The molecular weight excluding hydrogens is 272 g/mol. The van der Waals surface area contributed by atoms with Crippen molar-refractivity contribution in [2.75, 3.05) is 26.7 Å². The van der Waals surface area contributed by atoms with E-state index >= 15 is 0 Å². The van der Waals surface area contributed by atoms with Crippen molar-refractivity contribution < 1.29 is 0 Å². The van der Waals surface area contributed by atoms with Crippen LogP contribution in [-0.4, -0.2) is 41.4 Å². The summed E-state index contributed by atoms with van der Waals surface area (Å²) in [6.45, 7) is 9.01. The third-order valence-electron chi connectivity index (χ3n) is 4.55. The molecule has 4 nitrogen and oxygen atoms in total. The number of hydrogen-bond acceptors (Lipinski definition) is 3. The van der Waals surface area contributed by atoms with Crippen molar-refractivity contribution in [2.24, 2.45) is 13.0 Å². The molecule has 0 atom stereocenters. The van der Waals surface area contributed by atoms with Gasteiger partial charge in [0.2, 0.25) is 0 Å². The standard InChI is InChI=1S/C15H28N4.ClH/c1-12-15(13(2)18(4)17-12)11-19-9-6-14(7-10-19)5-8-16-3;/h14,16H,5-11H2,1-4H3;1H. The van der Waals surface area contributed by atoms with Crippen molar-refractivity contribution in [1.82, 2.24) is 20.0 Å². The van der Waals surface area contributed by atoms with Gasteiger partial charge in [0.15, 0.2) is 0 Å². The summed E-state index contributed by atoms with van der Waals surface area (Å²) < 4.78 is 2.00. The summed E-state index contributed by atoms with van der Waals surface area (Å²) in [6, 6.07) is 0. The fourth-order valence-electron chi connectivity index (χ4n) is 3.05. The zero-order valence-corrected chi connectivity index (χ0v) is 14.1. The lowest BCUT2D eigenvalue weighted by molar-refractivity contribution is 0.172. The predicted octanol–water partition coefficient (Wildman–Crippen LogP) is 2.28. The van der Waals surface area contributed by atoms with Crippen LogP contribution >= 0.6 is 12.4 Å². The van der Waals surface area contributed by atoms with E-state index in [1.54, 1.807) is 0 Å². The monoisotopic (exact) mass is 300 g/mol. The number of halogens is 1. The van der Waals surface area contributed by atoms with Crippen molar-refractivity contribution in [2.45, 2.75) is 39.7 Å². The molecule has 0 aromatic carbocycles. The average molecular weight is 301 g/mol. The Hall–Kier alpha value is -0.580. The van der Waals surface area contributed by atoms with Gasteiger partial charge in [-0.05, 0) is 65.7 Å². The van der Waals surface area contributed by atoms with Crippen LogP contribution in [0.1, 0.15) is 36.2 Å². The smallest absolute Gasteiger partial charge is 0.0641 e. The van der Waals surface area contributed by atoms with E-state index in [-0.39, 0.29) is 12.4 Å². The molecule has 0 unspecified atom stereocenters. The first-order chi connectivity index (χ1) is 9.11. The molecule has 2 heterocycles. The van der Waals surface area contributed by atoms with E-state index in [4.69, 9.17) is 0 Å². The van der Waals surface area contributed by atoms with Gasteiger partial charge in [0, 0.05) is 24.8 Å². The van der Waals surface area contributed by atoms with E-state index in [0.717, 1.165) is 19.0 Å². The highest BCUT2D eigenvalue weighted by Gasteiger charge is 2.20. The average Bonchev–Trinajstić information content (AvgIpc) is 2.64. The SMILES string of the molecule is CNCCC1CCN(Cc2c(C)nn(C)c2C)CC1.Cl. The highest BCUT2D eigenvalue weighted by atomic mass is 35.5. The van der Waals surface area contributed by atoms with Gasteiger partial charge in [0.05, 0.1) is 5.69 Å². The van der Waals surface area contributed by atoms with Gasteiger partial charge >= 0.3 is 0 Å². The van der Waals surface area contributed by atoms with Crippen LogP contribution in [0.25, 0.3) is 0 Å². The maximum atomic E-state index is 4.51. The van der Waals surface area contributed by atoms with Crippen LogP contribution in [0.2, 0.25) is 0 Å². The minimum Gasteiger partial charge on any atom is -0.320 e. The molecule has 1 N–H and O–H groups in total. The van der Waals surface area contributed by atoms with Gasteiger partial charge < -0.3 is 5.32 Å². The Morgan fingerprint density at radius 1 is 1.25 bits per heavy atom. The number of rotatable bonds is 5. The molecule has 0 radical (unpaired) electrons. The summed E-state index contributed by atoms with van der Waals surface area (Å²) in [7, 11) is 4.08. The molecule has 0 amide bonds. The number of aryl methyl sites for hydroxylation is 2. The topological polar surface area (TPSA) is 33.1 Å².